The van der Waals surface area contributed by atoms with Crippen molar-refractivity contribution in [3.8, 4) is 23.0 Å². The molecule has 30 nitrogen and oxygen atoms in total. The summed E-state index contributed by atoms with van der Waals surface area (Å²) in [7, 11) is 6.07. The van der Waals surface area contributed by atoms with Crippen molar-refractivity contribution in [2.45, 2.75) is 99.1 Å². The molecule has 0 aliphatic heterocycles. The summed E-state index contributed by atoms with van der Waals surface area (Å²) in [5.41, 5.74) is 7.83. The number of carbonyl (C=O) groups excluding carboxylic acids is 7. The number of thiol groups is 3. The van der Waals surface area contributed by atoms with E-state index in [-0.39, 0.29) is 105 Å². The Kier molecular flexibility index (Phi) is 59.9. The summed E-state index contributed by atoms with van der Waals surface area (Å²) in [5.74, 6) is -8.73. The summed E-state index contributed by atoms with van der Waals surface area (Å²) in [5, 5.41) is 72.7. The standard InChI is InChI=1S/2C12H13NO5S.2C7H6O3.2C6H13NO2.C5H9NO3S.CH2Cl2.2CH5N.CH4/c2*1-7(14)13-9(6-19)12(17)18-10-5-3-2-4-8(10)11(15)16;2*8-6-4-2-1-3-5(6)7(9)10;2*1-6(2,3)9-5(8)7-4;1-3(7)6-4(2-10)5(8)9;2-1-3;2*1-2;/h2*2-5,9,19H,6H2,1H3,(H,13,14)(H,15,16);2*1-4,8H,(H,9,10);2*1-4H3,(H,7,8);4,10H,2H2,1H3,(H,6,7)(H,8,9);1H2;2*2H2,1H3;1H4. The van der Waals surface area contributed by atoms with Crippen molar-refractivity contribution < 1.29 is 112 Å². The van der Waals surface area contributed by atoms with Crippen LogP contribution in [0.15, 0.2) is 97.1 Å². The van der Waals surface area contributed by atoms with Crippen LogP contribution in [0.5, 0.6) is 23.0 Å². The third kappa shape index (κ3) is 52.8. The van der Waals surface area contributed by atoms with Crippen LogP contribution in [0.25, 0.3) is 0 Å². The summed E-state index contributed by atoms with van der Waals surface area (Å²) in [6.07, 6.45) is -0.773. The number of para-hydroxylation sites is 4. The number of carboxylic acid groups (broad SMARTS) is 5. The van der Waals surface area contributed by atoms with Crippen molar-refractivity contribution in [2.24, 2.45) is 11.5 Å². The monoisotopic (exact) mass is 1430 g/mol. The van der Waals surface area contributed by atoms with Crippen LogP contribution in [0.3, 0.4) is 0 Å². The van der Waals surface area contributed by atoms with Gasteiger partial charge in [0.15, 0.2) is 0 Å². The van der Waals surface area contributed by atoms with Crippen molar-refractivity contribution in [2.75, 3.05) is 50.8 Å². The van der Waals surface area contributed by atoms with Crippen LogP contribution < -0.4 is 47.5 Å². The van der Waals surface area contributed by atoms with Gasteiger partial charge in [-0.3, -0.25) is 14.4 Å². The number of rotatable bonds is 15. The minimum Gasteiger partial charge on any atom is -0.507 e. The fraction of sp³-hybridized carbons (Fsp3) is 0.390. The Hall–Kier alpha value is -8.73. The van der Waals surface area contributed by atoms with Gasteiger partial charge in [-0.1, -0.05) is 56.0 Å². The highest BCUT2D eigenvalue weighted by atomic mass is 35.5. The molecule has 3 atom stereocenters. The number of phenols is 2. The van der Waals surface area contributed by atoms with Crippen molar-refractivity contribution >= 4 is 133 Å². The average molecular weight is 1430 g/mol. The number of carbonyl (C=O) groups is 12. The van der Waals surface area contributed by atoms with Gasteiger partial charge in [0.25, 0.3) is 0 Å². The number of ether oxygens (including phenoxy) is 4. The summed E-state index contributed by atoms with van der Waals surface area (Å²) in [4.78, 5) is 129. The first kappa shape index (κ1) is 98.8. The zero-order valence-electron chi connectivity index (χ0n) is 53.2. The quantitative estimate of drug-likeness (QED) is 0.0257. The van der Waals surface area contributed by atoms with Crippen LogP contribution in [-0.2, 0) is 38.2 Å². The number of nitrogens with one attached hydrogen (secondary N) is 5. The molecule has 94 heavy (non-hydrogen) atoms. The Morgan fingerprint density at radius 2 is 0.670 bits per heavy atom. The lowest BCUT2D eigenvalue weighted by Crippen LogP contribution is -2.43. The number of aromatic carboxylic acids is 4. The third-order valence-corrected chi connectivity index (χ3v) is 9.77. The number of hydrogen-bond donors (Lipinski definition) is 17. The van der Waals surface area contributed by atoms with Crippen molar-refractivity contribution in [3.63, 3.8) is 0 Å². The van der Waals surface area contributed by atoms with E-state index < -0.39 is 71.7 Å². The van der Waals surface area contributed by atoms with E-state index in [2.05, 4.69) is 75.9 Å². The zero-order valence-corrected chi connectivity index (χ0v) is 57.4. The van der Waals surface area contributed by atoms with E-state index in [4.69, 9.17) is 77.9 Å². The molecule has 0 spiro atoms. The fourth-order valence-electron chi connectivity index (χ4n) is 5.07. The molecular formula is C59H89Cl2N7O23S3. The molecule has 4 aromatic rings. The lowest BCUT2D eigenvalue weighted by molar-refractivity contribution is -0.140. The SMILES string of the molecule is C.CC(=O)NC(CS)C(=O)O.CC(=O)NC(CS)C(=O)Oc1ccccc1C(=O)O.CC(=O)NC(CS)C(=O)Oc1ccccc1C(=O)O.CN.CN.CNC(=O)OC(C)(C)C.CNC(=O)OC(C)(C)C.ClCCl.O=C(O)c1ccccc1O.O=C(O)c1ccccc1O. The highest BCUT2D eigenvalue weighted by Crippen LogP contribution is 2.20. The topological polar surface area (TPSA) is 496 Å². The van der Waals surface area contributed by atoms with Gasteiger partial charge in [0, 0.05) is 52.1 Å². The number of alkyl halides is 2. The van der Waals surface area contributed by atoms with Gasteiger partial charge >= 0.3 is 54.0 Å². The molecule has 0 saturated heterocycles. The summed E-state index contributed by atoms with van der Waals surface area (Å²) < 4.78 is 19.6. The molecule has 0 aromatic heterocycles. The minimum atomic E-state index is -1.20. The van der Waals surface area contributed by atoms with Gasteiger partial charge in [0.05, 0.1) is 5.34 Å². The number of amides is 5. The van der Waals surface area contributed by atoms with Gasteiger partial charge in [-0.15, -0.1) is 23.2 Å². The minimum absolute atomic E-state index is 0. The molecule has 3 unspecified atom stereocenters. The number of halogens is 2. The van der Waals surface area contributed by atoms with Gasteiger partial charge in [-0.25, -0.2) is 43.2 Å². The maximum atomic E-state index is 11.8. The second-order valence-electron chi connectivity index (χ2n) is 18.3. The van der Waals surface area contributed by atoms with E-state index in [0.29, 0.717) is 0 Å². The third-order valence-electron chi connectivity index (χ3n) is 8.68. The van der Waals surface area contributed by atoms with E-state index in [9.17, 15) is 57.5 Å². The molecule has 4 rings (SSSR count). The van der Waals surface area contributed by atoms with Crippen LogP contribution in [0.1, 0.15) is 111 Å². The Balaban J connectivity index is -0.000000189. The van der Waals surface area contributed by atoms with Gasteiger partial charge in [0.2, 0.25) is 17.7 Å². The molecule has 0 radical (unpaired) electrons. The molecule has 0 bridgehead atoms. The second-order valence-corrected chi connectivity index (χ2v) is 20.2. The first-order valence-electron chi connectivity index (χ1n) is 26.3. The molecule has 4 aromatic carbocycles. The van der Waals surface area contributed by atoms with E-state index in [1.807, 2.05) is 41.5 Å². The molecule has 0 aliphatic carbocycles. The van der Waals surface area contributed by atoms with E-state index in [1.165, 1.54) is 110 Å². The Morgan fingerprint density at radius 1 is 0.447 bits per heavy atom. The number of esters is 2. The summed E-state index contributed by atoms with van der Waals surface area (Å²) in [6, 6.07) is 20.4. The maximum Gasteiger partial charge on any atom is 0.407 e. The van der Waals surface area contributed by atoms with Crippen molar-refractivity contribution in [1.29, 1.82) is 0 Å². The largest absolute Gasteiger partial charge is 0.507 e. The number of aliphatic carboxylic acids is 1. The number of hydrogen-bond acceptors (Lipinski definition) is 23. The van der Waals surface area contributed by atoms with E-state index in [1.54, 1.807) is 36.4 Å². The van der Waals surface area contributed by atoms with Crippen LogP contribution in [0.4, 0.5) is 9.59 Å². The normalized spacial score (nSPS) is 10.3. The number of aromatic hydroxyl groups is 2. The predicted octanol–water partition coefficient (Wildman–Crippen LogP) is 6.62. The van der Waals surface area contributed by atoms with Crippen molar-refractivity contribution in [3.05, 3.63) is 119 Å². The molecule has 0 saturated carbocycles. The molecular weight excluding hydrogens is 1340 g/mol. The van der Waals surface area contributed by atoms with E-state index in [0.717, 1.165) is 0 Å². The average Bonchev–Trinajstić information content (AvgIpc) is 1.01. The molecule has 16 N–H and O–H groups in total. The maximum absolute atomic E-state index is 11.8. The first-order chi connectivity index (χ1) is 43.2. The molecule has 35 heteroatoms. The van der Waals surface area contributed by atoms with Crippen LogP contribution in [0, 0.1) is 0 Å². The van der Waals surface area contributed by atoms with Gasteiger partial charge in [0.1, 0.15) is 74.6 Å². The van der Waals surface area contributed by atoms with Crippen LogP contribution in [-0.4, -0.2) is 188 Å². The highest BCUT2D eigenvalue weighted by molar-refractivity contribution is 7.80. The number of alkyl carbamates (subject to hydrolysis) is 2. The zero-order chi connectivity index (χ0) is 73.8. The van der Waals surface area contributed by atoms with Gasteiger partial charge in [-0.05, 0) is 104 Å². The first-order valence-corrected chi connectivity index (χ1v) is 29.3. The lowest BCUT2D eigenvalue weighted by atomic mass is 10.2. The highest BCUT2D eigenvalue weighted by Gasteiger charge is 2.24. The van der Waals surface area contributed by atoms with Gasteiger partial charge in [-0.2, -0.15) is 37.9 Å². The predicted molar refractivity (Wildman–Crippen MR) is 364 cm³/mol. The number of carboxylic acids is 5. The van der Waals surface area contributed by atoms with Crippen molar-refractivity contribution in [1.82, 2.24) is 26.6 Å². The molecule has 5 amide bonds. The molecule has 0 heterocycles. The number of nitrogens with two attached hydrogens (primary N) is 2. The Labute approximate surface area is 572 Å². The second kappa shape index (κ2) is 57.0. The van der Waals surface area contributed by atoms with Gasteiger partial charge < -0.3 is 92.7 Å². The molecule has 530 valence electrons. The summed E-state index contributed by atoms with van der Waals surface area (Å²) >= 11 is 21.1. The van der Waals surface area contributed by atoms with Crippen LogP contribution in [0.2, 0.25) is 0 Å². The smallest absolute Gasteiger partial charge is 0.407 e. The van der Waals surface area contributed by atoms with Crippen LogP contribution >= 0.6 is 61.1 Å². The van der Waals surface area contributed by atoms with E-state index >= 15 is 0 Å². The Bertz CT molecular complexity index is 2760. The molecule has 0 aliphatic rings. The molecule has 0 fully saturated rings. The number of benzene rings is 4. The Morgan fingerprint density at radius 3 is 0.830 bits per heavy atom. The summed E-state index contributed by atoms with van der Waals surface area (Å²) in [6.45, 7) is 14.7. The fourth-order valence-corrected chi connectivity index (χ4v) is 5.80. The lowest BCUT2D eigenvalue weighted by Gasteiger charge is -2.18.